The molecule has 0 aromatic heterocycles. The van der Waals surface area contributed by atoms with Gasteiger partial charge in [0, 0.05) is 11.8 Å². The summed E-state index contributed by atoms with van der Waals surface area (Å²) < 4.78 is 47.2. The van der Waals surface area contributed by atoms with Crippen LogP contribution in [0.4, 0.5) is 14.9 Å². The Hall–Kier alpha value is -2.32. The van der Waals surface area contributed by atoms with Gasteiger partial charge in [-0.25, -0.2) is 9.18 Å². The highest BCUT2D eigenvalue weighted by molar-refractivity contribution is 7.87. The largest absolute Gasteiger partial charge is 0.450 e. The predicted molar refractivity (Wildman–Crippen MR) is 86.3 cm³/mol. The first-order valence-electron chi connectivity index (χ1n) is 6.75. The minimum Gasteiger partial charge on any atom is -0.450 e. The van der Waals surface area contributed by atoms with Crippen molar-refractivity contribution in [1.82, 2.24) is 0 Å². The second-order valence-corrected chi connectivity index (χ2v) is 6.41. The number of halogens is 2. The smallest absolute Gasteiger partial charge is 0.411 e. The lowest BCUT2D eigenvalue weighted by molar-refractivity contribution is 0.168. The maximum atomic E-state index is 13.0. The summed E-state index contributed by atoms with van der Waals surface area (Å²) in [5, 5.41) is 2.12. The van der Waals surface area contributed by atoms with Crippen molar-refractivity contribution >= 4 is 33.5 Å². The molecule has 128 valence electrons. The Bertz CT molecular complexity index is 857. The number of hydrogen-bond acceptors (Lipinski definition) is 5. The van der Waals surface area contributed by atoms with E-state index in [1.54, 1.807) is 6.92 Å². The van der Waals surface area contributed by atoms with Crippen molar-refractivity contribution in [2.45, 2.75) is 11.8 Å². The first-order chi connectivity index (χ1) is 11.3. The van der Waals surface area contributed by atoms with Gasteiger partial charge in [-0.1, -0.05) is 17.7 Å². The molecule has 2 aromatic rings. The summed E-state index contributed by atoms with van der Waals surface area (Å²) in [5.74, 6) is -0.718. The van der Waals surface area contributed by atoms with Crippen LogP contribution in [0, 0.1) is 5.82 Å². The van der Waals surface area contributed by atoms with Gasteiger partial charge in [-0.3, -0.25) is 5.32 Å². The summed E-state index contributed by atoms with van der Waals surface area (Å²) in [6.07, 6.45) is -0.681. The van der Waals surface area contributed by atoms with Gasteiger partial charge in [0.2, 0.25) is 0 Å². The molecule has 9 heteroatoms. The maximum Gasteiger partial charge on any atom is 0.411 e. The van der Waals surface area contributed by atoms with E-state index in [4.69, 9.17) is 20.5 Å². The SMILES string of the molecule is CCOC(=O)Nc1cccc(OS(=O)(=O)c2ccc(F)cc2Cl)c1. The van der Waals surface area contributed by atoms with Crippen molar-refractivity contribution in [2.75, 3.05) is 11.9 Å². The number of anilines is 1. The molecule has 0 heterocycles. The lowest BCUT2D eigenvalue weighted by Gasteiger charge is -2.10. The van der Waals surface area contributed by atoms with Gasteiger partial charge in [-0.2, -0.15) is 8.42 Å². The number of hydrogen-bond donors (Lipinski definition) is 1. The van der Waals surface area contributed by atoms with E-state index in [-0.39, 0.29) is 28.0 Å². The molecule has 0 aliphatic carbocycles. The fourth-order valence-electron chi connectivity index (χ4n) is 1.76. The van der Waals surface area contributed by atoms with E-state index in [1.807, 2.05) is 0 Å². The second kappa shape index (κ2) is 7.50. The molecule has 6 nitrogen and oxygen atoms in total. The van der Waals surface area contributed by atoms with Crippen LogP contribution in [0.3, 0.4) is 0 Å². The van der Waals surface area contributed by atoms with Crippen LogP contribution in [0.5, 0.6) is 5.75 Å². The van der Waals surface area contributed by atoms with Crippen LogP contribution < -0.4 is 9.50 Å². The Balaban J connectivity index is 2.22. The molecule has 24 heavy (non-hydrogen) atoms. The zero-order valence-corrected chi connectivity index (χ0v) is 14.0. The molecule has 0 spiro atoms. The monoisotopic (exact) mass is 373 g/mol. The predicted octanol–water partition coefficient (Wildman–Crippen LogP) is 3.82. The van der Waals surface area contributed by atoms with Crippen molar-refractivity contribution in [3.63, 3.8) is 0 Å². The Labute approximate surface area is 143 Å². The van der Waals surface area contributed by atoms with Crippen LogP contribution >= 0.6 is 11.6 Å². The van der Waals surface area contributed by atoms with Crippen molar-refractivity contribution in [1.29, 1.82) is 0 Å². The minimum atomic E-state index is -4.26. The van der Waals surface area contributed by atoms with Gasteiger partial charge in [0.1, 0.15) is 16.5 Å². The number of benzene rings is 2. The molecule has 0 atom stereocenters. The first kappa shape index (κ1) is 18.0. The van der Waals surface area contributed by atoms with Gasteiger partial charge < -0.3 is 8.92 Å². The van der Waals surface area contributed by atoms with E-state index in [1.165, 1.54) is 24.3 Å². The molecule has 1 amide bonds. The molecule has 0 radical (unpaired) electrons. The Morgan fingerprint density at radius 1 is 1.25 bits per heavy atom. The fraction of sp³-hybridized carbons (Fsp3) is 0.133. The second-order valence-electron chi connectivity index (χ2n) is 4.49. The average molecular weight is 374 g/mol. The standard InChI is InChI=1S/C15H13ClFNO5S/c1-2-22-15(19)18-11-4-3-5-12(9-11)23-24(20,21)14-7-6-10(17)8-13(14)16/h3-9H,2H2,1H3,(H,18,19). The lowest BCUT2D eigenvalue weighted by Crippen LogP contribution is -2.14. The number of carbonyl (C=O) groups is 1. The molecule has 2 rings (SSSR count). The number of ether oxygens (including phenoxy) is 1. The third-order valence-electron chi connectivity index (χ3n) is 2.73. The highest BCUT2D eigenvalue weighted by Gasteiger charge is 2.21. The summed E-state index contributed by atoms with van der Waals surface area (Å²) in [6.45, 7) is 1.84. The molecule has 0 aliphatic heterocycles. The third-order valence-corrected chi connectivity index (χ3v) is 4.46. The van der Waals surface area contributed by atoms with Crippen LogP contribution in [0.15, 0.2) is 47.4 Å². The molecule has 0 aliphatic rings. The molecule has 0 fully saturated rings. The molecule has 0 saturated heterocycles. The van der Waals surface area contributed by atoms with Crippen molar-refractivity contribution in [3.05, 3.63) is 53.3 Å². The summed E-state index contributed by atoms with van der Waals surface area (Å²) >= 11 is 5.74. The average Bonchev–Trinajstić information content (AvgIpc) is 2.46. The highest BCUT2D eigenvalue weighted by Crippen LogP contribution is 2.27. The summed E-state index contributed by atoms with van der Waals surface area (Å²) in [5.41, 5.74) is 0.284. The van der Waals surface area contributed by atoms with E-state index in [0.717, 1.165) is 18.2 Å². The Kier molecular flexibility index (Phi) is 5.63. The Morgan fingerprint density at radius 2 is 2.00 bits per heavy atom. The summed E-state index contributed by atoms with van der Waals surface area (Å²) in [7, 11) is -4.26. The molecule has 0 unspecified atom stereocenters. The van der Waals surface area contributed by atoms with Crippen molar-refractivity contribution in [2.24, 2.45) is 0 Å². The highest BCUT2D eigenvalue weighted by atomic mass is 35.5. The molecule has 1 N–H and O–H groups in total. The van der Waals surface area contributed by atoms with Gasteiger partial charge >= 0.3 is 16.2 Å². The molecule has 0 bridgehead atoms. The van der Waals surface area contributed by atoms with E-state index in [9.17, 15) is 17.6 Å². The van der Waals surface area contributed by atoms with E-state index in [0.29, 0.717) is 0 Å². The van der Waals surface area contributed by atoms with Crippen LogP contribution in [0.1, 0.15) is 6.92 Å². The fourth-order valence-corrected chi connectivity index (χ4v) is 3.19. The summed E-state index contributed by atoms with van der Waals surface area (Å²) in [6, 6.07) is 8.53. The number of nitrogens with one attached hydrogen (secondary N) is 1. The normalized spacial score (nSPS) is 11.0. The van der Waals surface area contributed by atoms with Crippen molar-refractivity contribution < 1.29 is 26.5 Å². The zero-order valence-electron chi connectivity index (χ0n) is 12.5. The number of amides is 1. The van der Waals surface area contributed by atoms with E-state index in [2.05, 4.69) is 5.32 Å². The van der Waals surface area contributed by atoms with E-state index >= 15 is 0 Å². The van der Waals surface area contributed by atoms with Crippen LogP contribution in [-0.2, 0) is 14.9 Å². The molecule has 0 saturated carbocycles. The van der Waals surface area contributed by atoms with Gasteiger partial charge in [-0.05, 0) is 37.3 Å². The summed E-state index contributed by atoms with van der Waals surface area (Å²) in [4.78, 5) is 11.0. The van der Waals surface area contributed by atoms with Gasteiger partial charge in [0.05, 0.1) is 11.6 Å². The quantitative estimate of drug-likeness (QED) is 0.806. The number of rotatable bonds is 5. The Morgan fingerprint density at radius 3 is 2.67 bits per heavy atom. The molecular formula is C15H13ClFNO5S. The lowest BCUT2D eigenvalue weighted by atomic mass is 10.3. The van der Waals surface area contributed by atoms with Crippen molar-refractivity contribution in [3.8, 4) is 5.75 Å². The van der Waals surface area contributed by atoms with Gasteiger partial charge in [0.25, 0.3) is 0 Å². The van der Waals surface area contributed by atoms with Gasteiger partial charge in [0.15, 0.2) is 0 Å². The molecule has 2 aromatic carbocycles. The first-order valence-corrected chi connectivity index (χ1v) is 8.54. The molecular weight excluding hydrogens is 361 g/mol. The third kappa shape index (κ3) is 4.59. The van der Waals surface area contributed by atoms with Crippen LogP contribution in [0.25, 0.3) is 0 Å². The minimum absolute atomic E-state index is 0.0512. The zero-order chi connectivity index (χ0) is 17.7. The number of carbonyl (C=O) groups excluding carboxylic acids is 1. The van der Waals surface area contributed by atoms with Crippen LogP contribution in [0.2, 0.25) is 5.02 Å². The topological polar surface area (TPSA) is 81.7 Å². The van der Waals surface area contributed by atoms with Gasteiger partial charge in [-0.15, -0.1) is 0 Å². The van der Waals surface area contributed by atoms with Crippen LogP contribution in [-0.4, -0.2) is 21.1 Å². The maximum absolute atomic E-state index is 13.0. The van der Waals surface area contributed by atoms with E-state index < -0.39 is 22.0 Å².